The molecule has 4 heteroatoms. The van der Waals surface area contributed by atoms with Crippen molar-refractivity contribution in [1.82, 2.24) is 9.80 Å². The summed E-state index contributed by atoms with van der Waals surface area (Å²) in [5.74, 6) is 0.836. The lowest BCUT2D eigenvalue weighted by molar-refractivity contribution is -0.139. The molecule has 0 N–H and O–H groups in total. The summed E-state index contributed by atoms with van der Waals surface area (Å²) in [4.78, 5) is 16.9. The monoisotopic (exact) mass is 308 g/mol. The number of alkyl halides is 1. The predicted octanol–water partition coefficient (Wildman–Crippen LogP) is 2.98. The molecular weight excluding hydrogens is 284 g/mol. The molecule has 1 amide bonds. The van der Waals surface area contributed by atoms with Gasteiger partial charge in [0.25, 0.3) is 0 Å². The van der Waals surface area contributed by atoms with Gasteiger partial charge in [0.1, 0.15) is 0 Å². The molecule has 3 nitrogen and oxygen atoms in total. The number of carbonyl (C=O) groups excluding carboxylic acids is 1. The average Bonchev–Trinajstić information content (AvgIpc) is 2.48. The van der Waals surface area contributed by atoms with Crippen LogP contribution in [0, 0.1) is 5.92 Å². The Labute approximate surface area is 132 Å². The summed E-state index contributed by atoms with van der Waals surface area (Å²) >= 11 is 5.75. The average molecular weight is 309 g/mol. The molecule has 116 valence electrons. The van der Waals surface area contributed by atoms with E-state index in [0.717, 1.165) is 32.6 Å². The standard InChI is InChI=1S/C17H25ClN2O/c1-14(8-9-18)17(21)20-11-10-19(12-15(20)2)13-16-6-4-3-5-7-16/h3-7,14-15H,8-13H2,1-2H3. The number of amides is 1. The zero-order chi connectivity index (χ0) is 15.2. The summed E-state index contributed by atoms with van der Waals surface area (Å²) in [7, 11) is 0. The van der Waals surface area contributed by atoms with Crippen LogP contribution in [0.25, 0.3) is 0 Å². The van der Waals surface area contributed by atoms with Gasteiger partial charge in [0.15, 0.2) is 0 Å². The second-order valence-corrected chi connectivity index (χ2v) is 6.36. The maximum absolute atomic E-state index is 12.4. The fourth-order valence-corrected chi connectivity index (χ4v) is 3.24. The van der Waals surface area contributed by atoms with Crippen LogP contribution in [0.2, 0.25) is 0 Å². The largest absolute Gasteiger partial charge is 0.337 e. The summed E-state index contributed by atoms with van der Waals surface area (Å²) in [5.41, 5.74) is 1.33. The third-order valence-electron chi connectivity index (χ3n) is 4.21. The Morgan fingerprint density at radius 3 is 2.67 bits per heavy atom. The molecule has 1 saturated heterocycles. The fraction of sp³-hybridized carbons (Fsp3) is 0.588. The lowest BCUT2D eigenvalue weighted by atomic mass is 10.0. The van der Waals surface area contributed by atoms with Crippen molar-refractivity contribution in [1.29, 1.82) is 0 Å². The van der Waals surface area contributed by atoms with E-state index >= 15 is 0 Å². The Morgan fingerprint density at radius 2 is 2.05 bits per heavy atom. The highest BCUT2D eigenvalue weighted by Crippen LogP contribution is 2.17. The van der Waals surface area contributed by atoms with Gasteiger partial charge in [-0.3, -0.25) is 9.69 Å². The second kappa shape index (κ2) is 7.81. The first-order chi connectivity index (χ1) is 10.1. The van der Waals surface area contributed by atoms with Gasteiger partial charge >= 0.3 is 0 Å². The van der Waals surface area contributed by atoms with Gasteiger partial charge in [-0.2, -0.15) is 0 Å². The number of piperazine rings is 1. The number of halogens is 1. The Bertz CT molecular complexity index is 451. The van der Waals surface area contributed by atoms with E-state index in [-0.39, 0.29) is 17.9 Å². The Balaban J connectivity index is 1.88. The van der Waals surface area contributed by atoms with Crippen LogP contribution in [0.1, 0.15) is 25.8 Å². The summed E-state index contributed by atoms with van der Waals surface area (Å²) < 4.78 is 0. The van der Waals surface area contributed by atoms with Crippen LogP contribution >= 0.6 is 11.6 Å². The smallest absolute Gasteiger partial charge is 0.225 e. The number of benzene rings is 1. The number of carbonyl (C=O) groups is 1. The molecule has 0 bridgehead atoms. The molecule has 0 spiro atoms. The number of hydrogen-bond donors (Lipinski definition) is 0. The van der Waals surface area contributed by atoms with E-state index in [1.807, 2.05) is 17.9 Å². The first kappa shape index (κ1) is 16.3. The second-order valence-electron chi connectivity index (χ2n) is 5.98. The van der Waals surface area contributed by atoms with Crippen molar-refractivity contribution in [2.45, 2.75) is 32.9 Å². The maximum Gasteiger partial charge on any atom is 0.225 e. The van der Waals surface area contributed by atoms with Crippen molar-refractivity contribution in [3.63, 3.8) is 0 Å². The van der Waals surface area contributed by atoms with Crippen LogP contribution in [0.15, 0.2) is 30.3 Å². The lowest BCUT2D eigenvalue weighted by Gasteiger charge is -2.41. The van der Waals surface area contributed by atoms with E-state index < -0.39 is 0 Å². The van der Waals surface area contributed by atoms with Gasteiger partial charge in [-0.05, 0) is 18.9 Å². The third-order valence-corrected chi connectivity index (χ3v) is 4.43. The highest BCUT2D eigenvalue weighted by Gasteiger charge is 2.29. The summed E-state index contributed by atoms with van der Waals surface area (Å²) in [6, 6.07) is 10.8. The van der Waals surface area contributed by atoms with Crippen LogP contribution in [0.5, 0.6) is 0 Å². The normalized spacial score (nSPS) is 21.3. The van der Waals surface area contributed by atoms with E-state index in [1.165, 1.54) is 5.56 Å². The zero-order valence-electron chi connectivity index (χ0n) is 13.0. The molecule has 2 atom stereocenters. The van der Waals surface area contributed by atoms with Crippen LogP contribution < -0.4 is 0 Å². The quantitative estimate of drug-likeness (QED) is 0.781. The van der Waals surface area contributed by atoms with Gasteiger partial charge in [0.05, 0.1) is 0 Å². The summed E-state index contributed by atoms with van der Waals surface area (Å²) in [6.07, 6.45) is 0.761. The Morgan fingerprint density at radius 1 is 1.33 bits per heavy atom. The van der Waals surface area contributed by atoms with Crippen LogP contribution in [0.3, 0.4) is 0 Å². The summed E-state index contributed by atoms with van der Waals surface area (Å²) in [5, 5.41) is 0. The molecule has 0 radical (unpaired) electrons. The van der Waals surface area contributed by atoms with Crippen molar-refractivity contribution in [2.24, 2.45) is 5.92 Å². The minimum absolute atomic E-state index is 0.0330. The Kier molecular flexibility index (Phi) is 6.07. The zero-order valence-corrected chi connectivity index (χ0v) is 13.7. The topological polar surface area (TPSA) is 23.6 Å². The van der Waals surface area contributed by atoms with Crippen molar-refractivity contribution in [2.75, 3.05) is 25.5 Å². The SMILES string of the molecule is CC(CCCl)C(=O)N1CCN(Cc2ccccc2)CC1C. The molecule has 1 heterocycles. The molecule has 1 aliphatic rings. The first-order valence-electron chi connectivity index (χ1n) is 7.74. The van der Waals surface area contributed by atoms with Gasteiger partial charge in [-0.15, -0.1) is 11.6 Å². The number of rotatable bonds is 5. The molecule has 0 aliphatic carbocycles. The molecule has 2 rings (SSSR count). The van der Waals surface area contributed by atoms with Crippen molar-refractivity contribution in [3.8, 4) is 0 Å². The van der Waals surface area contributed by atoms with E-state index in [0.29, 0.717) is 5.88 Å². The Hall–Kier alpha value is -1.06. The maximum atomic E-state index is 12.4. The molecule has 1 fully saturated rings. The van der Waals surface area contributed by atoms with Crippen molar-refractivity contribution >= 4 is 17.5 Å². The van der Waals surface area contributed by atoms with Gasteiger partial charge in [-0.25, -0.2) is 0 Å². The molecule has 21 heavy (non-hydrogen) atoms. The highest BCUT2D eigenvalue weighted by molar-refractivity contribution is 6.18. The highest BCUT2D eigenvalue weighted by atomic mass is 35.5. The van der Waals surface area contributed by atoms with E-state index in [1.54, 1.807) is 0 Å². The molecule has 0 aromatic heterocycles. The van der Waals surface area contributed by atoms with Gasteiger partial charge < -0.3 is 4.90 Å². The van der Waals surface area contributed by atoms with Crippen LogP contribution in [-0.4, -0.2) is 47.3 Å². The minimum atomic E-state index is 0.0330. The number of hydrogen-bond acceptors (Lipinski definition) is 2. The minimum Gasteiger partial charge on any atom is -0.337 e. The lowest BCUT2D eigenvalue weighted by Crippen LogP contribution is -2.54. The fourth-order valence-electron chi connectivity index (χ4n) is 2.92. The van der Waals surface area contributed by atoms with Crippen LogP contribution in [0.4, 0.5) is 0 Å². The van der Waals surface area contributed by atoms with E-state index in [4.69, 9.17) is 11.6 Å². The van der Waals surface area contributed by atoms with Gasteiger partial charge in [-0.1, -0.05) is 37.3 Å². The van der Waals surface area contributed by atoms with Gasteiger partial charge in [0.2, 0.25) is 5.91 Å². The molecule has 0 saturated carbocycles. The van der Waals surface area contributed by atoms with Gasteiger partial charge in [0, 0.05) is 44.0 Å². The van der Waals surface area contributed by atoms with Crippen LogP contribution in [-0.2, 0) is 11.3 Å². The molecule has 2 unspecified atom stereocenters. The first-order valence-corrected chi connectivity index (χ1v) is 8.28. The molecule has 1 aliphatic heterocycles. The molecule has 1 aromatic carbocycles. The third kappa shape index (κ3) is 4.45. The van der Waals surface area contributed by atoms with E-state index in [2.05, 4.69) is 36.1 Å². The summed E-state index contributed by atoms with van der Waals surface area (Å²) in [6.45, 7) is 7.78. The number of nitrogens with zero attached hydrogens (tertiary/aromatic N) is 2. The van der Waals surface area contributed by atoms with Crippen molar-refractivity contribution < 1.29 is 4.79 Å². The van der Waals surface area contributed by atoms with E-state index in [9.17, 15) is 4.79 Å². The predicted molar refractivity (Wildman–Crippen MR) is 87.4 cm³/mol. The molecular formula is C17H25ClN2O. The molecule has 1 aromatic rings. The van der Waals surface area contributed by atoms with Crippen molar-refractivity contribution in [3.05, 3.63) is 35.9 Å².